The monoisotopic (exact) mass is 297 g/mol. The minimum atomic E-state index is -1.05. The number of hydrogen-bond acceptors (Lipinski definition) is 4. The fraction of sp³-hybridized carbons (Fsp3) is 0.125. The van der Waals surface area contributed by atoms with Gasteiger partial charge in [0.05, 0.1) is 12.6 Å². The van der Waals surface area contributed by atoms with Crippen molar-refractivity contribution in [3.05, 3.63) is 53.7 Å². The summed E-state index contributed by atoms with van der Waals surface area (Å²) in [4.78, 5) is 11.1. The Morgan fingerprint density at radius 1 is 1.32 bits per heavy atom. The molecule has 112 valence electrons. The number of benzene rings is 2. The largest absolute Gasteiger partial charge is 0.497 e. The Hall–Kier alpha value is -3.02. The molecule has 3 N–H and O–H groups in total. The van der Waals surface area contributed by atoms with E-state index in [4.69, 9.17) is 9.84 Å². The summed E-state index contributed by atoms with van der Waals surface area (Å²) >= 11 is 0. The maximum atomic E-state index is 11.1. The molecule has 3 aromatic rings. The number of aromatic nitrogens is 2. The van der Waals surface area contributed by atoms with Gasteiger partial charge in [-0.2, -0.15) is 5.10 Å². The van der Waals surface area contributed by atoms with Crippen molar-refractivity contribution in [1.29, 1.82) is 0 Å². The van der Waals surface area contributed by atoms with E-state index in [0.29, 0.717) is 17.4 Å². The van der Waals surface area contributed by atoms with Crippen molar-refractivity contribution in [3.63, 3.8) is 0 Å². The molecule has 0 spiro atoms. The van der Waals surface area contributed by atoms with E-state index in [1.807, 2.05) is 36.4 Å². The first kappa shape index (κ1) is 13.9. The first-order valence-corrected chi connectivity index (χ1v) is 6.75. The fourth-order valence-corrected chi connectivity index (χ4v) is 2.27. The van der Waals surface area contributed by atoms with Crippen LogP contribution < -0.4 is 10.1 Å². The number of carboxylic acids is 1. The number of nitrogens with zero attached hydrogens (tertiary/aromatic N) is 1. The lowest BCUT2D eigenvalue weighted by molar-refractivity contribution is 0.0692. The summed E-state index contributed by atoms with van der Waals surface area (Å²) in [6.45, 7) is 0.614. The number of aromatic carboxylic acids is 1. The quantitative estimate of drug-likeness (QED) is 0.674. The summed E-state index contributed by atoms with van der Waals surface area (Å²) < 4.78 is 5.19. The molecule has 22 heavy (non-hydrogen) atoms. The summed E-state index contributed by atoms with van der Waals surface area (Å²) in [5.74, 6) is -0.242. The number of methoxy groups -OCH3 is 1. The number of ether oxygens (including phenoxy) is 1. The molecule has 0 saturated heterocycles. The molecular formula is C16H15N3O3. The number of carbonyl (C=O) groups is 1. The molecule has 0 amide bonds. The van der Waals surface area contributed by atoms with E-state index < -0.39 is 5.97 Å². The van der Waals surface area contributed by atoms with Crippen LogP contribution in [0.4, 0.5) is 5.69 Å². The van der Waals surface area contributed by atoms with Gasteiger partial charge in [0, 0.05) is 17.6 Å². The van der Waals surface area contributed by atoms with Gasteiger partial charge in [-0.15, -0.1) is 0 Å². The van der Waals surface area contributed by atoms with Gasteiger partial charge in [0.25, 0.3) is 0 Å². The molecule has 6 heteroatoms. The number of anilines is 1. The molecule has 1 aromatic heterocycles. The van der Waals surface area contributed by atoms with Gasteiger partial charge in [-0.1, -0.05) is 12.1 Å². The average molecular weight is 297 g/mol. The van der Waals surface area contributed by atoms with Crippen LogP contribution >= 0.6 is 0 Å². The van der Waals surface area contributed by atoms with Gasteiger partial charge in [-0.3, -0.25) is 5.10 Å². The van der Waals surface area contributed by atoms with Crippen LogP contribution in [-0.2, 0) is 6.54 Å². The SMILES string of the molecule is COc1cccc(CNc2ccc3[nH]nc(C(=O)O)c3c2)c1. The second-order valence-corrected chi connectivity index (χ2v) is 4.84. The van der Waals surface area contributed by atoms with Crippen molar-refractivity contribution in [2.75, 3.05) is 12.4 Å². The Labute approximate surface area is 126 Å². The van der Waals surface area contributed by atoms with E-state index >= 15 is 0 Å². The number of carboxylic acid groups (broad SMARTS) is 1. The lowest BCUT2D eigenvalue weighted by Gasteiger charge is -2.08. The third kappa shape index (κ3) is 2.71. The molecule has 2 aromatic carbocycles. The van der Waals surface area contributed by atoms with Crippen LogP contribution in [0.1, 0.15) is 16.1 Å². The Kier molecular flexibility index (Phi) is 3.65. The molecule has 0 unspecified atom stereocenters. The van der Waals surface area contributed by atoms with Crippen LogP contribution in [0, 0.1) is 0 Å². The summed E-state index contributed by atoms with van der Waals surface area (Å²) in [6, 6.07) is 13.2. The first-order valence-electron chi connectivity index (χ1n) is 6.75. The lowest BCUT2D eigenvalue weighted by Crippen LogP contribution is -2.00. The van der Waals surface area contributed by atoms with E-state index in [1.54, 1.807) is 13.2 Å². The summed E-state index contributed by atoms with van der Waals surface area (Å²) in [5.41, 5.74) is 2.63. The second-order valence-electron chi connectivity index (χ2n) is 4.84. The van der Waals surface area contributed by atoms with Gasteiger partial charge in [0.2, 0.25) is 0 Å². The number of hydrogen-bond donors (Lipinski definition) is 3. The molecule has 3 rings (SSSR count). The molecular weight excluding hydrogens is 282 g/mol. The smallest absolute Gasteiger partial charge is 0.357 e. The van der Waals surface area contributed by atoms with Crippen molar-refractivity contribution in [1.82, 2.24) is 10.2 Å². The Bertz CT molecular complexity index is 826. The average Bonchev–Trinajstić information content (AvgIpc) is 2.96. The summed E-state index contributed by atoms with van der Waals surface area (Å²) in [5, 5.41) is 19.5. The molecule has 1 heterocycles. The molecule has 0 bridgehead atoms. The molecule has 0 aliphatic rings. The van der Waals surface area contributed by atoms with Crippen LogP contribution in [0.25, 0.3) is 10.9 Å². The molecule has 0 fully saturated rings. The molecule has 0 radical (unpaired) electrons. The summed E-state index contributed by atoms with van der Waals surface area (Å²) in [6.07, 6.45) is 0. The van der Waals surface area contributed by atoms with Crippen molar-refractivity contribution in [3.8, 4) is 5.75 Å². The highest BCUT2D eigenvalue weighted by Gasteiger charge is 2.12. The number of nitrogens with one attached hydrogen (secondary N) is 2. The predicted octanol–water partition coefficient (Wildman–Crippen LogP) is 2.88. The van der Waals surface area contributed by atoms with Gasteiger partial charge >= 0.3 is 5.97 Å². The molecule has 0 saturated carbocycles. The van der Waals surface area contributed by atoms with E-state index in [-0.39, 0.29) is 5.69 Å². The van der Waals surface area contributed by atoms with Crippen molar-refractivity contribution >= 4 is 22.6 Å². The minimum Gasteiger partial charge on any atom is -0.497 e. The van der Waals surface area contributed by atoms with Gasteiger partial charge in [0.15, 0.2) is 5.69 Å². The number of rotatable bonds is 5. The highest BCUT2D eigenvalue weighted by Crippen LogP contribution is 2.21. The highest BCUT2D eigenvalue weighted by molar-refractivity contribution is 6.01. The number of H-pyrrole nitrogens is 1. The van der Waals surface area contributed by atoms with E-state index in [9.17, 15) is 4.79 Å². The first-order chi connectivity index (χ1) is 10.7. The Morgan fingerprint density at radius 2 is 2.18 bits per heavy atom. The fourth-order valence-electron chi connectivity index (χ4n) is 2.27. The summed E-state index contributed by atoms with van der Waals surface area (Å²) in [7, 11) is 1.63. The topological polar surface area (TPSA) is 87.2 Å². The van der Waals surface area contributed by atoms with Crippen molar-refractivity contribution in [2.24, 2.45) is 0 Å². The molecule has 0 aliphatic heterocycles. The van der Waals surface area contributed by atoms with E-state index in [2.05, 4.69) is 15.5 Å². The second kappa shape index (κ2) is 5.77. The maximum Gasteiger partial charge on any atom is 0.357 e. The zero-order valence-electron chi connectivity index (χ0n) is 12.0. The zero-order valence-corrected chi connectivity index (χ0v) is 12.0. The third-order valence-corrected chi connectivity index (χ3v) is 3.40. The van der Waals surface area contributed by atoms with Gasteiger partial charge in [-0.05, 0) is 35.9 Å². The van der Waals surface area contributed by atoms with Crippen molar-refractivity contribution in [2.45, 2.75) is 6.54 Å². The van der Waals surface area contributed by atoms with E-state index in [0.717, 1.165) is 17.0 Å². The minimum absolute atomic E-state index is 0.0278. The van der Waals surface area contributed by atoms with Crippen LogP contribution in [0.15, 0.2) is 42.5 Å². The standard InChI is InChI=1S/C16H15N3O3/c1-22-12-4-2-3-10(7-12)9-17-11-5-6-14-13(8-11)15(16(20)21)19-18-14/h2-8,17H,9H2,1H3,(H,18,19)(H,20,21). The van der Waals surface area contributed by atoms with Gasteiger partial charge in [0.1, 0.15) is 5.75 Å². The van der Waals surface area contributed by atoms with Crippen LogP contribution in [0.3, 0.4) is 0 Å². The lowest BCUT2D eigenvalue weighted by atomic mass is 10.1. The molecule has 6 nitrogen and oxygen atoms in total. The van der Waals surface area contributed by atoms with Gasteiger partial charge < -0.3 is 15.2 Å². The van der Waals surface area contributed by atoms with Crippen molar-refractivity contribution < 1.29 is 14.6 Å². The third-order valence-electron chi connectivity index (χ3n) is 3.40. The molecule has 0 atom stereocenters. The molecule has 0 aliphatic carbocycles. The predicted molar refractivity (Wildman–Crippen MR) is 83.4 cm³/mol. The van der Waals surface area contributed by atoms with Crippen LogP contribution in [0.5, 0.6) is 5.75 Å². The number of aromatic amines is 1. The zero-order chi connectivity index (χ0) is 15.5. The van der Waals surface area contributed by atoms with Gasteiger partial charge in [-0.25, -0.2) is 4.79 Å². The normalized spacial score (nSPS) is 10.6. The highest BCUT2D eigenvalue weighted by atomic mass is 16.5. The van der Waals surface area contributed by atoms with E-state index in [1.165, 1.54) is 0 Å². The Balaban J connectivity index is 1.81. The van der Waals surface area contributed by atoms with Crippen LogP contribution in [0.2, 0.25) is 0 Å². The number of fused-ring (bicyclic) bond motifs is 1. The Morgan fingerprint density at radius 3 is 2.95 bits per heavy atom. The maximum absolute atomic E-state index is 11.1. The van der Waals surface area contributed by atoms with Crippen LogP contribution in [-0.4, -0.2) is 28.4 Å².